The van der Waals surface area contributed by atoms with Gasteiger partial charge in [0.1, 0.15) is 0 Å². The number of aromatic nitrogens is 1. The molecule has 168 valence electrons. The van der Waals surface area contributed by atoms with E-state index in [1.165, 1.54) is 12.8 Å². The first-order valence-electron chi connectivity index (χ1n) is 11.8. The Morgan fingerprint density at radius 2 is 1.94 bits per heavy atom. The average Bonchev–Trinajstić information content (AvgIpc) is 3.28. The summed E-state index contributed by atoms with van der Waals surface area (Å²) in [6, 6.07) is 12.2. The van der Waals surface area contributed by atoms with Crippen LogP contribution in [-0.2, 0) is 16.0 Å². The summed E-state index contributed by atoms with van der Waals surface area (Å²) in [5.41, 5.74) is 3.25. The summed E-state index contributed by atoms with van der Waals surface area (Å²) in [4.78, 5) is 34.6. The lowest BCUT2D eigenvalue weighted by Gasteiger charge is -2.25. The summed E-state index contributed by atoms with van der Waals surface area (Å²) in [7, 11) is 0. The van der Waals surface area contributed by atoms with Crippen LogP contribution in [0.25, 0.3) is 11.1 Å². The molecule has 2 aromatic rings. The minimum Gasteiger partial charge on any atom is -0.340 e. The molecule has 1 atom stereocenters. The monoisotopic (exact) mass is 431 g/mol. The number of hydrogen-bond acceptors (Lipinski definition) is 3. The lowest BCUT2D eigenvalue weighted by molar-refractivity contribution is -0.134. The smallest absolute Gasteiger partial charge is 0.228 e. The van der Waals surface area contributed by atoms with Crippen LogP contribution in [0.15, 0.2) is 61.4 Å². The number of amides is 2. The van der Waals surface area contributed by atoms with Crippen LogP contribution in [0.3, 0.4) is 0 Å². The van der Waals surface area contributed by atoms with Gasteiger partial charge in [-0.25, -0.2) is 0 Å². The van der Waals surface area contributed by atoms with E-state index in [-0.39, 0.29) is 17.7 Å². The Morgan fingerprint density at radius 3 is 2.69 bits per heavy atom. The highest BCUT2D eigenvalue weighted by atomic mass is 16.2. The van der Waals surface area contributed by atoms with Gasteiger partial charge >= 0.3 is 0 Å². The molecule has 1 saturated carbocycles. The highest BCUT2D eigenvalue weighted by Crippen LogP contribution is 2.30. The van der Waals surface area contributed by atoms with Crippen LogP contribution >= 0.6 is 0 Å². The molecule has 0 radical (unpaired) electrons. The SMILES string of the molecule is C=CCN1CCN(C(=O)CC2CCCC2)CC(Cc2ccccc2-c2cccnc2)C1=O. The van der Waals surface area contributed by atoms with Crippen LogP contribution in [0.5, 0.6) is 0 Å². The maximum absolute atomic E-state index is 13.4. The molecule has 5 heteroatoms. The highest BCUT2D eigenvalue weighted by molar-refractivity contribution is 5.83. The van der Waals surface area contributed by atoms with Gasteiger partial charge in [-0.15, -0.1) is 6.58 Å². The van der Waals surface area contributed by atoms with Crippen LogP contribution in [0, 0.1) is 11.8 Å². The molecule has 1 unspecified atom stereocenters. The fraction of sp³-hybridized carbons (Fsp3) is 0.444. The van der Waals surface area contributed by atoms with Gasteiger partial charge in [-0.05, 0) is 42.4 Å². The van der Waals surface area contributed by atoms with Crippen molar-refractivity contribution >= 4 is 11.8 Å². The van der Waals surface area contributed by atoms with Crippen molar-refractivity contribution in [2.45, 2.75) is 38.5 Å². The van der Waals surface area contributed by atoms with Gasteiger partial charge in [0, 0.05) is 50.6 Å². The summed E-state index contributed by atoms with van der Waals surface area (Å²) in [5, 5.41) is 0. The third kappa shape index (κ3) is 5.26. The molecule has 2 fully saturated rings. The Morgan fingerprint density at radius 1 is 1.12 bits per heavy atom. The van der Waals surface area contributed by atoms with Crippen molar-refractivity contribution in [1.29, 1.82) is 0 Å². The summed E-state index contributed by atoms with van der Waals surface area (Å²) in [5.74, 6) is 0.566. The third-order valence-electron chi connectivity index (χ3n) is 6.84. The number of rotatable bonds is 7. The minimum absolute atomic E-state index is 0.113. The Balaban J connectivity index is 1.56. The second kappa shape index (κ2) is 10.6. The first-order chi connectivity index (χ1) is 15.7. The molecular weight excluding hydrogens is 398 g/mol. The molecule has 2 aliphatic rings. The van der Waals surface area contributed by atoms with Crippen molar-refractivity contribution in [1.82, 2.24) is 14.8 Å². The first kappa shape index (κ1) is 22.3. The van der Waals surface area contributed by atoms with Gasteiger partial charge in [-0.1, -0.05) is 49.2 Å². The average molecular weight is 432 g/mol. The number of carbonyl (C=O) groups is 2. The largest absolute Gasteiger partial charge is 0.340 e. The molecule has 4 rings (SSSR count). The molecule has 0 N–H and O–H groups in total. The lowest BCUT2D eigenvalue weighted by Crippen LogP contribution is -2.38. The molecule has 1 aliphatic carbocycles. The number of hydrogen-bond donors (Lipinski definition) is 0. The summed E-state index contributed by atoms with van der Waals surface area (Å²) >= 11 is 0. The van der Waals surface area contributed by atoms with Crippen molar-refractivity contribution in [2.75, 3.05) is 26.2 Å². The molecule has 2 heterocycles. The molecule has 0 bridgehead atoms. The van der Waals surface area contributed by atoms with E-state index >= 15 is 0 Å². The zero-order valence-corrected chi connectivity index (χ0v) is 18.8. The fourth-order valence-corrected chi connectivity index (χ4v) is 5.12. The van der Waals surface area contributed by atoms with E-state index in [0.29, 0.717) is 44.9 Å². The maximum atomic E-state index is 13.4. The predicted molar refractivity (Wildman–Crippen MR) is 127 cm³/mol. The molecule has 0 spiro atoms. The van der Waals surface area contributed by atoms with Crippen LogP contribution in [0.4, 0.5) is 0 Å². The normalized spacial score (nSPS) is 19.8. The van der Waals surface area contributed by atoms with Gasteiger partial charge in [-0.3, -0.25) is 14.6 Å². The van der Waals surface area contributed by atoms with Gasteiger partial charge in [0.2, 0.25) is 11.8 Å². The fourth-order valence-electron chi connectivity index (χ4n) is 5.12. The highest BCUT2D eigenvalue weighted by Gasteiger charge is 2.33. The molecule has 1 saturated heterocycles. The lowest BCUT2D eigenvalue weighted by atomic mass is 9.91. The van der Waals surface area contributed by atoms with Crippen LogP contribution in [-0.4, -0.2) is 52.8 Å². The Bertz CT molecular complexity index is 937. The Kier molecular flexibility index (Phi) is 7.35. The third-order valence-corrected chi connectivity index (χ3v) is 6.84. The topological polar surface area (TPSA) is 53.5 Å². The van der Waals surface area contributed by atoms with Crippen molar-refractivity contribution in [3.05, 3.63) is 67.0 Å². The molecular formula is C27H33N3O2. The number of benzene rings is 1. The van der Waals surface area contributed by atoms with Gasteiger partial charge in [0.05, 0.1) is 5.92 Å². The number of nitrogens with zero attached hydrogens (tertiary/aromatic N) is 3. The predicted octanol–water partition coefficient (Wildman–Crippen LogP) is 4.34. The minimum atomic E-state index is -0.261. The van der Waals surface area contributed by atoms with Crippen molar-refractivity contribution in [2.24, 2.45) is 11.8 Å². The molecule has 1 aromatic carbocycles. The van der Waals surface area contributed by atoms with Crippen molar-refractivity contribution < 1.29 is 9.59 Å². The molecule has 32 heavy (non-hydrogen) atoms. The van der Waals surface area contributed by atoms with Crippen LogP contribution in [0.1, 0.15) is 37.7 Å². The van der Waals surface area contributed by atoms with Gasteiger partial charge < -0.3 is 9.80 Å². The second-order valence-electron chi connectivity index (χ2n) is 9.07. The quantitative estimate of drug-likeness (QED) is 0.613. The maximum Gasteiger partial charge on any atom is 0.228 e. The van der Waals surface area contributed by atoms with Gasteiger partial charge in [-0.2, -0.15) is 0 Å². The molecule has 2 amide bonds. The second-order valence-corrected chi connectivity index (χ2v) is 9.07. The van der Waals surface area contributed by atoms with Crippen LogP contribution < -0.4 is 0 Å². The van der Waals surface area contributed by atoms with E-state index in [4.69, 9.17) is 0 Å². The van der Waals surface area contributed by atoms with Gasteiger partial charge in [0.15, 0.2) is 0 Å². The van der Waals surface area contributed by atoms with Crippen molar-refractivity contribution in [3.8, 4) is 11.1 Å². The number of pyridine rings is 1. The Hall–Kier alpha value is -2.95. The molecule has 1 aromatic heterocycles. The molecule has 5 nitrogen and oxygen atoms in total. The van der Waals surface area contributed by atoms with Gasteiger partial charge in [0.25, 0.3) is 0 Å². The number of carbonyl (C=O) groups excluding carboxylic acids is 2. The summed E-state index contributed by atoms with van der Waals surface area (Å²) < 4.78 is 0. The van der Waals surface area contributed by atoms with E-state index in [1.54, 1.807) is 12.3 Å². The Labute approximate surface area is 191 Å². The van der Waals surface area contributed by atoms with E-state index in [1.807, 2.05) is 40.3 Å². The summed E-state index contributed by atoms with van der Waals surface area (Å²) in [6.45, 7) is 6.00. The van der Waals surface area contributed by atoms with Crippen molar-refractivity contribution in [3.63, 3.8) is 0 Å². The van der Waals surface area contributed by atoms with E-state index in [0.717, 1.165) is 29.5 Å². The summed E-state index contributed by atoms with van der Waals surface area (Å²) in [6.07, 6.45) is 11.4. The zero-order chi connectivity index (χ0) is 22.3. The van der Waals surface area contributed by atoms with Crippen LogP contribution in [0.2, 0.25) is 0 Å². The van der Waals surface area contributed by atoms with E-state index < -0.39 is 0 Å². The standard InChI is InChI=1S/C27H33N3O2/c1-2-14-29-15-16-30(26(31)17-21-8-3-4-9-21)20-24(27(29)32)18-22-10-5-6-12-25(22)23-11-7-13-28-19-23/h2,5-7,10-13,19,21,24H,1,3-4,8-9,14-18,20H2. The van der Waals surface area contributed by atoms with E-state index in [9.17, 15) is 9.59 Å². The first-order valence-corrected chi connectivity index (χ1v) is 11.8. The zero-order valence-electron chi connectivity index (χ0n) is 18.8. The molecule has 1 aliphatic heterocycles. The van der Waals surface area contributed by atoms with E-state index in [2.05, 4.69) is 23.7 Å².